The van der Waals surface area contributed by atoms with E-state index < -0.39 is 11.2 Å². The van der Waals surface area contributed by atoms with E-state index in [1.165, 1.54) is 6.21 Å². The number of hydrogen-bond donors (Lipinski definition) is 1. The Morgan fingerprint density at radius 2 is 2.00 bits per heavy atom. The van der Waals surface area contributed by atoms with Crippen molar-refractivity contribution in [2.75, 3.05) is 0 Å². The molecule has 0 radical (unpaired) electrons. The molecule has 8 heteroatoms. The largest absolute Gasteiger partial charge is 0.489 e. The van der Waals surface area contributed by atoms with E-state index in [0.717, 1.165) is 4.68 Å². The van der Waals surface area contributed by atoms with E-state index in [2.05, 4.69) is 26.0 Å². The molecule has 0 aliphatic carbocycles. The number of aromatic nitrogens is 2. The van der Waals surface area contributed by atoms with Gasteiger partial charge in [-0.25, -0.2) is 4.79 Å². The molecule has 0 spiro atoms. The van der Waals surface area contributed by atoms with Gasteiger partial charge in [0.25, 0.3) is 5.56 Å². The number of para-hydroxylation sites is 1. The Hall–Kier alpha value is -2.38. The molecule has 3 aromatic rings. The number of ether oxygens (including phenoxy) is 1. The van der Waals surface area contributed by atoms with E-state index >= 15 is 0 Å². The number of nitrogens with zero attached hydrogens (tertiary/aromatic N) is 2. The fourth-order valence-electron chi connectivity index (χ4n) is 2.41. The van der Waals surface area contributed by atoms with Crippen molar-refractivity contribution in [3.8, 4) is 5.75 Å². The number of aromatic amines is 1. The van der Waals surface area contributed by atoms with Gasteiger partial charge < -0.3 is 9.72 Å². The molecule has 6 nitrogen and oxygen atoms in total. The van der Waals surface area contributed by atoms with Gasteiger partial charge in [0.2, 0.25) is 0 Å². The van der Waals surface area contributed by atoms with Crippen molar-refractivity contribution in [3.05, 3.63) is 72.3 Å². The monoisotopic (exact) mass is 435 g/mol. The SMILES string of the molecule is CC(C)Oc1c(Br)cc(Cl)cc1C=Nn1c(=O)[nH]c2ccccc2c1=O. The zero-order chi connectivity index (χ0) is 18.8. The van der Waals surface area contributed by atoms with Gasteiger partial charge in [-0.2, -0.15) is 5.10 Å². The molecule has 3 rings (SSSR count). The maximum Gasteiger partial charge on any atom is 0.349 e. The van der Waals surface area contributed by atoms with Crippen LogP contribution in [0.4, 0.5) is 0 Å². The molecule has 0 saturated heterocycles. The van der Waals surface area contributed by atoms with Gasteiger partial charge in [0.05, 0.1) is 27.7 Å². The topological polar surface area (TPSA) is 76.5 Å². The molecular formula is C18H15BrClN3O3. The van der Waals surface area contributed by atoms with Gasteiger partial charge >= 0.3 is 5.69 Å². The van der Waals surface area contributed by atoms with Gasteiger partial charge in [-0.05, 0) is 54.0 Å². The quantitative estimate of drug-likeness (QED) is 0.632. The maximum atomic E-state index is 12.5. The zero-order valence-electron chi connectivity index (χ0n) is 14.0. The highest BCUT2D eigenvalue weighted by molar-refractivity contribution is 9.10. The Kier molecular flexibility index (Phi) is 5.29. The third-order valence-corrected chi connectivity index (χ3v) is 4.29. The molecule has 0 bridgehead atoms. The molecule has 2 aromatic carbocycles. The van der Waals surface area contributed by atoms with Gasteiger partial charge in [0, 0.05) is 10.6 Å². The molecule has 0 amide bonds. The van der Waals surface area contributed by atoms with Crippen LogP contribution in [0, 0.1) is 0 Å². The van der Waals surface area contributed by atoms with Crippen molar-refractivity contribution in [2.45, 2.75) is 20.0 Å². The summed E-state index contributed by atoms with van der Waals surface area (Å²) in [6, 6.07) is 10.1. The number of fused-ring (bicyclic) bond motifs is 1. The summed E-state index contributed by atoms with van der Waals surface area (Å²) in [6.07, 6.45) is 1.30. The predicted octanol–water partition coefficient (Wildman–Crippen LogP) is 3.78. The molecule has 0 fully saturated rings. The van der Waals surface area contributed by atoms with Crippen molar-refractivity contribution < 1.29 is 4.74 Å². The van der Waals surface area contributed by atoms with Crippen LogP contribution >= 0.6 is 27.5 Å². The Balaban J connectivity index is 2.13. The second-order valence-electron chi connectivity index (χ2n) is 5.81. The third kappa shape index (κ3) is 3.73. The van der Waals surface area contributed by atoms with Crippen LogP contribution in [-0.2, 0) is 0 Å². The first-order valence-electron chi connectivity index (χ1n) is 7.81. The summed E-state index contributed by atoms with van der Waals surface area (Å²) < 4.78 is 7.21. The first kappa shape index (κ1) is 18.4. The molecule has 0 unspecified atom stereocenters. The molecule has 0 saturated carbocycles. The lowest BCUT2D eigenvalue weighted by Gasteiger charge is -2.14. The fraction of sp³-hybridized carbons (Fsp3) is 0.167. The molecule has 0 aliphatic rings. The summed E-state index contributed by atoms with van der Waals surface area (Å²) in [6.45, 7) is 3.78. The number of H-pyrrole nitrogens is 1. The van der Waals surface area contributed by atoms with Crippen LogP contribution in [0.2, 0.25) is 5.02 Å². The summed E-state index contributed by atoms with van der Waals surface area (Å²) in [4.78, 5) is 27.4. The highest BCUT2D eigenvalue weighted by Gasteiger charge is 2.12. The lowest BCUT2D eigenvalue weighted by Crippen LogP contribution is -2.32. The smallest absolute Gasteiger partial charge is 0.349 e. The van der Waals surface area contributed by atoms with Crippen molar-refractivity contribution >= 4 is 44.6 Å². The molecule has 1 heterocycles. The number of hydrogen-bond acceptors (Lipinski definition) is 4. The standard InChI is InChI=1S/C18H15BrClN3O3/c1-10(2)26-16-11(7-12(20)8-14(16)19)9-21-23-17(24)13-5-3-4-6-15(13)22-18(23)25/h3-10H,1-2H3,(H,22,25). The van der Waals surface area contributed by atoms with Gasteiger partial charge in [0.1, 0.15) is 5.75 Å². The molecule has 0 atom stereocenters. The van der Waals surface area contributed by atoms with Crippen molar-refractivity contribution in [2.24, 2.45) is 5.10 Å². The lowest BCUT2D eigenvalue weighted by molar-refractivity contribution is 0.240. The molecule has 26 heavy (non-hydrogen) atoms. The van der Waals surface area contributed by atoms with E-state index in [0.29, 0.717) is 31.7 Å². The average Bonchev–Trinajstić information content (AvgIpc) is 2.57. The highest BCUT2D eigenvalue weighted by Crippen LogP contribution is 2.32. The Morgan fingerprint density at radius 3 is 2.73 bits per heavy atom. The Morgan fingerprint density at radius 1 is 1.27 bits per heavy atom. The summed E-state index contributed by atoms with van der Waals surface area (Å²) >= 11 is 9.50. The first-order valence-corrected chi connectivity index (χ1v) is 8.98. The minimum atomic E-state index is -0.627. The number of nitrogens with one attached hydrogen (secondary N) is 1. The van der Waals surface area contributed by atoms with Crippen LogP contribution in [0.25, 0.3) is 10.9 Å². The molecule has 134 valence electrons. The van der Waals surface area contributed by atoms with Crippen LogP contribution in [0.3, 0.4) is 0 Å². The minimum absolute atomic E-state index is 0.0774. The van der Waals surface area contributed by atoms with E-state index in [1.54, 1.807) is 36.4 Å². The number of rotatable bonds is 4. The molecule has 1 N–H and O–H groups in total. The lowest BCUT2D eigenvalue weighted by atomic mass is 10.2. The summed E-state index contributed by atoms with van der Waals surface area (Å²) in [5.74, 6) is 0.526. The van der Waals surface area contributed by atoms with E-state index in [9.17, 15) is 9.59 Å². The molecular weight excluding hydrogens is 422 g/mol. The fourth-order valence-corrected chi connectivity index (χ4v) is 3.34. The summed E-state index contributed by atoms with van der Waals surface area (Å²) in [5.41, 5.74) is -0.133. The van der Waals surface area contributed by atoms with E-state index in [1.807, 2.05) is 13.8 Å². The normalized spacial score (nSPS) is 11.6. The second kappa shape index (κ2) is 7.47. The average molecular weight is 437 g/mol. The number of halogens is 2. The molecule has 0 aliphatic heterocycles. The maximum absolute atomic E-state index is 12.5. The van der Waals surface area contributed by atoms with Gasteiger partial charge in [-0.3, -0.25) is 4.79 Å². The second-order valence-corrected chi connectivity index (χ2v) is 7.10. The van der Waals surface area contributed by atoms with Crippen LogP contribution in [0.1, 0.15) is 19.4 Å². The van der Waals surface area contributed by atoms with Crippen LogP contribution in [0.5, 0.6) is 5.75 Å². The van der Waals surface area contributed by atoms with Crippen LogP contribution < -0.4 is 16.0 Å². The van der Waals surface area contributed by atoms with E-state index in [-0.39, 0.29) is 6.10 Å². The number of benzene rings is 2. The third-order valence-electron chi connectivity index (χ3n) is 3.49. The minimum Gasteiger partial charge on any atom is -0.489 e. The summed E-state index contributed by atoms with van der Waals surface area (Å²) in [5, 5.41) is 4.89. The first-order chi connectivity index (χ1) is 12.4. The predicted molar refractivity (Wildman–Crippen MR) is 107 cm³/mol. The van der Waals surface area contributed by atoms with Gasteiger partial charge in [-0.15, -0.1) is 4.68 Å². The van der Waals surface area contributed by atoms with E-state index in [4.69, 9.17) is 16.3 Å². The molecule has 1 aromatic heterocycles. The van der Waals surface area contributed by atoms with Crippen molar-refractivity contribution in [1.82, 2.24) is 9.66 Å². The Bertz CT molecular complexity index is 1120. The van der Waals surface area contributed by atoms with Crippen LogP contribution in [0.15, 0.2) is 55.6 Å². The highest BCUT2D eigenvalue weighted by atomic mass is 79.9. The summed E-state index contributed by atoms with van der Waals surface area (Å²) in [7, 11) is 0. The van der Waals surface area contributed by atoms with Crippen molar-refractivity contribution in [1.29, 1.82) is 0 Å². The zero-order valence-corrected chi connectivity index (χ0v) is 16.3. The van der Waals surface area contributed by atoms with Crippen molar-refractivity contribution in [3.63, 3.8) is 0 Å². The van der Waals surface area contributed by atoms with Gasteiger partial charge in [0.15, 0.2) is 0 Å². The Labute approximate surface area is 162 Å². The van der Waals surface area contributed by atoms with Gasteiger partial charge in [-0.1, -0.05) is 23.7 Å². The van der Waals surface area contributed by atoms with Crippen LogP contribution in [-0.4, -0.2) is 22.0 Å².